The summed E-state index contributed by atoms with van der Waals surface area (Å²) in [5.74, 6) is 1.01. The van der Waals surface area contributed by atoms with Crippen molar-refractivity contribution in [1.29, 1.82) is 0 Å². The fourth-order valence-corrected chi connectivity index (χ4v) is 2.82. The maximum atomic E-state index is 12.2. The number of carbonyl (C=O) groups excluding carboxylic acids is 2. The van der Waals surface area contributed by atoms with Gasteiger partial charge in [-0.3, -0.25) is 9.59 Å². The van der Waals surface area contributed by atoms with Gasteiger partial charge in [-0.15, -0.1) is 0 Å². The fourth-order valence-electron chi connectivity index (χ4n) is 2.82. The molecule has 2 aromatic rings. The van der Waals surface area contributed by atoms with Crippen molar-refractivity contribution in [2.45, 2.75) is 13.0 Å². The van der Waals surface area contributed by atoms with E-state index in [9.17, 15) is 9.59 Å². The van der Waals surface area contributed by atoms with Crippen molar-refractivity contribution in [3.63, 3.8) is 0 Å². The summed E-state index contributed by atoms with van der Waals surface area (Å²) in [6.07, 6.45) is -0.289. The van der Waals surface area contributed by atoms with Gasteiger partial charge in [0.1, 0.15) is 18.1 Å². The number of methoxy groups -OCH3 is 1. The Bertz CT molecular complexity index is 805. The van der Waals surface area contributed by atoms with Crippen LogP contribution in [-0.2, 0) is 14.3 Å². The van der Waals surface area contributed by atoms with E-state index in [1.807, 2.05) is 43.3 Å². The Balaban J connectivity index is 1.47. The Hall–Kier alpha value is -3.06. The van der Waals surface area contributed by atoms with Crippen molar-refractivity contribution in [1.82, 2.24) is 5.32 Å². The SMILES string of the molecule is COc1ccc(N2CC(CNC(=O)COc3ccc(C)cc3)OCC2=O)cc1. The second-order valence-corrected chi connectivity index (χ2v) is 6.54. The van der Waals surface area contributed by atoms with Gasteiger partial charge in [0.2, 0.25) is 0 Å². The molecule has 1 fully saturated rings. The molecule has 0 saturated carbocycles. The molecule has 148 valence electrons. The van der Waals surface area contributed by atoms with Crippen LogP contribution in [0.1, 0.15) is 5.56 Å². The number of rotatable bonds is 7. The number of hydrogen-bond donors (Lipinski definition) is 1. The highest BCUT2D eigenvalue weighted by Crippen LogP contribution is 2.22. The van der Waals surface area contributed by atoms with Crippen molar-refractivity contribution in [3.8, 4) is 11.5 Å². The molecule has 1 heterocycles. The number of carbonyl (C=O) groups is 2. The number of morpholine rings is 1. The molecule has 28 heavy (non-hydrogen) atoms. The van der Waals surface area contributed by atoms with Crippen molar-refractivity contribution >= 4 is 17.5 Å². The van der Waals surface area contributed by atoms with Crippen molar-refractivity contribution in [2.75, 3.05) is 38.3 Å². The molecule has 7 nitrogen and oxygen atoms in total. The second-order valence-electron chi connectivity index (χ2n) is 6.54. The maximum Gasteiger partial charge on any atom is 0.258 e. The van der Waals surface area contributed by atoms with Gasteiger partial charge >= 0.3 is 0 Å². The molecule has 1 atom stereocenters. The van der Waals surface area contributed by atoms with Crippen LogP contribution in [0.5, 0.6) is 11.5 Å². The van der Waals surface area contributed by atoms with Crippen LogP contribution in [0.2, 0.25) is 0 Å². The van der Waals surface area contributed by atoms with Gasteiger partial charge in [-0.25, -0.2) is 0 Å². The van der Waals surface area contributed by atoms with Crippen LogP contribution >= 0.6 is 0 Å². The molecule has 0 aromatic heterocycles. The zero-order chi connectivity index (χ0) is 19.9. The van der Waals surface area contributed by atoms with Gasteiger partial charge in [0.25, 0.3) is 11.8 Å². The molecule has 0 radical (unpaired) electrons. The summed E-state index contributed by atoms with van der Waals surface area (Å²) in [5.41, 5.74) is 1.90. The average Bonchev–Trinajstić information content (AvgIpc) is 2.73. The van der Waals surface area contributed by atoms with Gasteiger partial charge in [0, 0.05) is 12.2 Å². The monoisotopic (exact) mass is 384 g/mol. The van der Waals surface area contributed by atoms with Crippen LogP contribution in [0.4, 0.5) is 5.69 Å². The number of aryl methyl sites for hydroxylation is 1. The maximum absolute atomic E-state index is 12.2. The number of ether oxygens (including phenoxy) is 3. The molecule has 0 bridgehead atoms. The predicted molar refractivity (Wildman–Crippen MR) is 105 cm³/mol. The van der Waals surface area contributed by atoms with E-state index in [2.05, 4.69) is 5.32 Å². The number of hydrogen-bond acceptors (Lipinski definition) is 5. The third-order valence-electron chi connectivity index (χ3n) is 4.43. The van der Waals surface area contributed by atoms with E-state index >= 15 is 0 Å². The summed E-state index contributed by atoms with van der Waals surface area (Å²) < 4.78 is 16.1. The lowest BCUT2D eigenvalue weighted by atomic mass is 10.2. The molecule has 0 aliphatic carbocycles. The highest BCUT2D eigenvalue weighted by atomic mass is 16.5. The molecule has 3 rings (SSSR count). The van der Waals surface area contributed by atoms with E-state index in [0.717, 1.165) is 17.0 Å². The zero-order valence-electron chi connectivity index (χ0n) is 16.0. The van der Waals surface area contributed by atoms with E-state index in [4.69, 9.17) is 14.2 Å². The molecule has 0 spiro atoms. The first-order valence-corrected chi connectivity index (χ1v) is 9.07. The highest BCUT2D eigenvalue weighted by molar-refractivity contribution is 5.95. The third kappa shape index (κ3) is 5.23. The molecule has 1 aliphatic rings. The average molecular weight is 384 g/mol. The number of amides is 2. The Kier molecular flexibility index (Phi) is 6.49. The van der Waals surface area contributed by atoms with Gasteiger partial charge in [0.15, 0.2) is 6.61 Å². The Labute approximate surface area is 164 Å². The van der Waals surface area contributed by atoms with E-state index in [1.165, 1.54) is 0 Å². The molecule has 2 aromatic carbocycles. The second kappa shape index (κ2) is 9.23. The van der Waals surface area contributed by atoms with Crippen LogP contribution < -0.4 is 19.7 Å². The molecule has 1 N–H and O–H groups in total. The number of nitrogens with zero attached hydrogens (tertiary/aromatic N) is 1. The molecular weight excluding hydrogens is 360 g/mol. The Morgan fingerprint density at radius 3 is 2.50 bits per heavy atom. The molecule has 1 saturated heterocycles. The third-order valence-corrected chi connectivity index (χ3v) is 4.43. The minimum absolute atomic E-state index is 0.0214. The van der Waals surface area contributed by atoms with Crippen LogP contribution in [-0.4, -0.2) is 51.3 Å². The van der Waals surface area contributed by atoms with Crippen LogP contribution in [0.25, 0.3) is 0 Å². The molecule has 2 amide bonds. The normalized spacial score (nSPS) is 16.6. The van der Waals surface area contributed by atoms with E-state index in [1.54, 1.807) is 24.1 Å². The number of benzene rings is 2. The first kappa shape index (κ1) is 19.7. The smallest absolute Gasteiger partial charge is 0.258 e. The molecule has 1 aliphatic heterocycles. The van der Waals surface area contributed by atoms with Crippen molar-refractivity contribution < 1.29 is 23.8 Å². The highest BCUT2D eigenvalue weighted by Gasteiger charge is 2.27. The standard InChI is InChI=1S/C21H24N2O5/c1-15-3-7-18(8-4-15)27-13-20(24)22-11-19-12-23(21(25)14-28-19)16-5-9-17(26-2)10-6-16/h3-10,19H,11-14H2,1-2H3,(H,22,24). The minimum atomic E-state index is -0.289. The summed E-state index contributed by atoms with van der Waals surface area (Å²) >= 11 is 0. The van der Waals surface area contributed by atoms with Crippen molar-refractivity contribution in [2.24, 2.45) is 0 Å². The minimum Gasteiger partial charge on any atom is -0.497 e. The van der Waals surface area contributed by atoms with Gasteiger partial charge < -0.3 is 24.4 Å². The summed E-state index contributed by atoms with van der Waals surface area (Å²) in [7, 11) is 1.59. The number of nitrogens with one attached hydrogen (secondary N) is 1. The Morgan fingerprint density at radius 1 is 1.14 bits per heavy atom. The summed E-state index contributed by atoms with van der Waals surface area (Å²) in [6.45, 7) is 2.56. The first-order valence-electron chi connectivity index (χ1n) is 9.07. The first-order chi connectivity index (χ1) is 13.5. The van der Waals surface area contributed by atoms with E-state index in [-0.39, 0.29) is 31.1 Å². The number of anilines is 1. The summed E-state index contributed by atoms with van der Waals surface area (Å²) in [6, 6.07) is 14.8. The quantitative estimate of drug-likeness (QED) is 0.789. The fraction of sp³-hybridized carbons (Fsp3) is 0.333. The lowest BCUT2D eigenvalue weighted by molar-refractivity contribution is -0.130. The van der Waals surface area contributed by atoms with E-state index in [0.29, 0.717) is 18.8 Å². The van der Waals surface area contributed by atoms with Crippen molar-refractivity contribution in [3.05, 3.63) is 54.1 Å². The topological polar surface area (TPSA) is 77.1 Å². The molecular formula is C21H24N2O5. The van der Waals surface area contributed by atoms with Gasteiger partial charge in [-0.05, 0) is 43.3 Å². The predicted octanol–water partition coefficient (Wildman–Crippen LogP) is 1.93. The van der Waals surface area contributed by atoms with Crippen LogP contribution in [0.15, 0.2) is 48.5 Å². The molecule has 7 heteroatoms. The largest absolute Gasteiger partial charge is 0.497 e. The zero-order valence-corrected chi connectivity index (χ0v) is 16.0. The van der Waals surface area contributed by atoms with E-state index < -0.39 is 0 Å². The molecule has 1 unspecified atom stereocenters. The summed E-state index contributed by atoms with van der Waals surface area (Å²) in [4.78, 5) is 25.9. The van der Waals surface area contributed by atoms with Gasteiger partial charge in [0.05, 0.1) is 19.8 Å². The van der Waals surface area contributed by atoms with Gasteiger partial charge in [-0.2, -0.15) is 0 Å². The van der Waals surface area contributed by atoms with Gasteiger partial charge in [-0.1, -0.05) is 17.7 Å². The lowest BCUT2D eigenvalue weighted by Gasteiger charge is -2.33. The lowest BCUT2D eigenvalue weighted by Crippen LogP contribution is -2.51. The Morgan fingerprint density at radius 2 is 1.82 bits per heavy atom. The van der Waals surface area contributed by atoms with Crippen LogP contribution in [0, 0.1) is 6.92 Å². The summed E-state index contributed by atoms with van der Waals surface area (Å²) in [5, 5.41) is 2.79. The van der Waals surface area contributed by atoms with Crippen LogP contribution in [0.3, 0.4) is 0 Å².